The molecule has 3 fully saturated rings. The van der Waals surface area contributed by atoms with E-state index in [1.54, 1.807) is 0 Å². The van der Waals surface area contributed by atoms with Crippen LogP contribution in [0.1, 0.15) is 6.42 Å². The van der Waals surface area contributed by atoms with E-state index in [-0.39, 0.29) is 4.90 Å². The number of hydrogen-bond acceptors (Lipinski definition) is 5. The number of fused-ring (bicyclic) bond motifs is 8. The second-order valence-electron chi connectivity index (χ2n) is 6.25. The minimum atomic E-state index is -4.21. The first-order chi connectivity index (χ1) is 9.97. The average Bonchev–Trinajstić information content (AvgIpc) is 2.92. The molecule has 5 rings (SSSR count). The van der Waals surface area contributed by atoms with Crippen LogP contribution in [0.25, 0.3) is 0 Å². The molecule has 0 spiro atoms. The molecule has 2 bridgehead atoms. The molecule has 8 heteroatoms. The minimum absolute atomic E-state index is 0.114. The summed E-state index contributed by atoms with van der Waals surface area (Å²) in [6.45, 7) is 0. The Morgan fingerprint density at radius 3 is 2.33 bits per heavy atom. The van der Waals surface area contributed by atoms with E-state index in [1.165, 1.54) is 18.2 Å². The molecule has 0 unspecified atom stereocenters. The minimum Gasteiger partial charge on any atom is -0.359 e. The third kappa shape index (κ3) is 1.44. The van der Waals surface area contributed by atoms with Crippen LogP contribution in [0.2, 0.25) is 5.02 Å². The van der Waals surface area contributed by atoms with Gasteiger partial charge >= 0.3 is 0 Å². The van der Waals surface area contributed by atoms with Crippen molar-refractivity contribution in [1.82, 2.24) is 0 Å². The average molecular weight is 326 g/mol. The number of anilines is 1. The Hall–Kier alpha value is -1.18. The normalized spacial score (nSPS) is 41.7. The first kappa shape index (κ1) is 12.4. The number of rotatable bonds is 2. The van der Waals surface area contributed by atoms with Crippen molar-refractivity contribution in [3.05, 3.63) is 23.2 Å². The molecule has 2 heterocycles. The van der Waals surface area contributed by atoms with Crippen molar-refractivity contribution >= 4 is 27.4 Å². The summed E-state index contributed by atoms with van der Waals surface area (Å²) in [5.74, 6) is 1.01. The third-order valence-corrected chi connectivity index (χ3v) is 6.55. The molecule has 1 N–H and O–H groups in total. The molecule has 2 aliphatic carbocycles. The molecule has 110 valence electrons. The highest BCUT2D eigenvalue weighted by Gasteiger charge is 2.73. The van der Waals surface area contributed by atoms with E-state index in [0.717, 1.165) is 6.42 Å². The highest BCUT2D eigenvalue weighted by Crippen LogP contribution is 2.63. The molecule has 1 aromatic rings. The van der Waals surface area contributed by atoms with Crippen LogP contribution < -0.4 is 4.90 Å². The zero-order chi connectivity index (χ0) is 14.5. The van der Waals surface area contributed by atoms with E-state index < -0.39 is 10.1 Å². The molecule has 2 aliphatic heterocycles. The lowest BCUT2D eigenvalue weighted by atomic mass is 9.90. The molecular formula is C13H12ClN3O3S. The highest BCUT2D eigenvalue weighted by molar-refractivity contribution is 7.85. The summed E-state index contributed by atoms with van der Waals surface area (Å²) >= 11 is 6.23. The molecular weight excluding hydrogens is 314 g/mol. The van der Waals surface area contributed by atoms with Crippen LogP contribution in [0.5, 0.6) is 0 Å². The van der Waals surface area contributed by atoms with Crippen LogP contribution in [0.15, 0.2) is 33.3 Å². The van der Waals surface area contributed by atoms with Gasteiger partial charge in [0.2, 0.25) is 0 Å². The van der Waals surface area contributed by atoms with Gasteiger partial charge in [0.05, 0.1) is 27.7 Å². The van der Waals surface area contributed by atoms with Crippen LogP contribution in [-0.4, -0.2) is 37.1 Å². The number of piperidine rings is 1. The molecule has 1 saturated heterocycles. The van der Waals surface area contributed by atoms with Crippen molar-refractivity contribution < 1.29 is 13.0 Å². The van der Waals surface area contributed by atoms with Crippen molar-refractivity contribution in [2.75, 3.05) is 4.90 Å². The van der Waals surface area contributed by atoms with Crippen LogP contribution in [0.4, 0.5) is 5.69 Å². The van der Waals surface area contributed by atoms with E-state index in [0.29, 0.717) is 46.7 Å². The van der Waals surface area contributed by atoms with Crippen molar-refractivity contribution in [3.8, 4) is 0 Å². The number of azo groups is 1. The van der Waals surface area contributed by atoms with Gasteiger partial charge in [0.1, 0.15) is 12.1 Å². The summed E-state index contributed by atoms with van der Waals surface area (Å²) in [6.07, 6.45) is 1.16. The molecule has 6 atom stereocenters. The number of benzene rings is 1. The summed E-state index contributed by atoms with van der Waals surface area (Å²) in [5, 5.41) is 8.97. The van der Waals surface area contributed by atoms with Gasteiger partial charge < -0.3 is 4.90 Å². The molecule has 0 aromatic heterocycles. The number of halogens is 1. The fourth-order valence-corrected chi connectivity index (χ4v) is 5.25. The molecule has 0 amide bonds. The molecule has 4 aliphatic rings. The first-order valence-corrected chi connectivity index (χ1v) is 8.74. The van der Waals surface area contributed by atoms with Gasteiger partial charge in [-0.25, -0.2) is 0 Å². The van der Waals surface area contributed by atoms with Crippen molar-refractivity contribution in [1.29, 1.82) is 0 Å². The summed E-state index contributed by atoms with van der Waals surface area (Å²) < 4.78 is 31.8. The predicted molar refractivity (Wildman–Crippen MR) is 75.4 cm³/mol. The molecule has 2 saturated carbocycles. The maximum absolute atomic E-state index is 11.3. The zero-order valence-corrected chi connectivity index (χ0v) is 12.4. The van der Waals surface area contributed by atoms with E-state index in [9.17, 15) is 13.0 Å². The van der Waals surface area contributed by atoms with Crippen LogP contribution in [-0.2, 0) is 10.1 Å². The second-order valence-corrected chi connectivity index (χ2v) is 8.08. The molecule has 6 nitrogen and oxygen atoms in total. The Morgan fingerprint density at radius 1 is 1.19 bits per heavy atom. The van der Waals surface area contributed by atoms with Gasteiger partial charge in [-0.1, -0.05) is 11.6 Å². The zero-order valence-electron chi connectivity index (χ0n) is 10.8. The quantitative estimate of drug-likeness (QED) is 0.666. The summed E-state index contributed by atoms with van der Waals surface area (Å²) in [4.78, 5) is 2.07. The monoisotopic (exact) mass is 325 g/mol. The number of nitrogens with zero attached hydrogens (tertiary/aromatic N) is 3. The van der Waals surface area contributed by atoms with Crippen LogP contribution >= 0.6 is 11.6 Å². The Labute approximate surface area is 126 Å². The molecule has 0 radical (unpaired) electrons. The first-order valence-electron chi connectivity index (χ1n) is 6.92. The largest absolute Gasteiger partial charge is 0.359 e. The lowest BCUT2D eigenvalue weighted by Gasteiger charge is -2.27. The highest BCUT2D eigenvalue weighted by atomic mass is 35.5. The van der Waals surface area contributed by atoms with Gasteiger partial charge in [0, 0.05) is 11.8 Å². The predicted octanol–water partition coefficient (Wildman–Crippen LogP) is 2.00. The lowest BCUT2D eigenvalue weighted by molar-refractivity contribution is 0.315. The number of hydrogen-bond donors (Lipinski definition) is 1. The maximum atomic E-state index is 11.3. The standard InChI is InChI=1S/C13H12ClN3O3S/c14-8-2-1-5(21(18,19)20)3-9(8)17-12-6-4-7(13(12)17)11-10(6)15-16-11/h1-3,6-7,10-13H,4H2,(H,18,19,20)/t6-,7+,10+,11-,12+,13-,17?. The van der Waals surface area contributed by atoms with Gasteiger partial charge in [-0.15, -0.1) is 0 Å². The SMILES string of the molecule is O=S(=O)(O)c1ccc(Cl)c(N2[C@@H]3[C@H]4C[C@H]([C@@H]5N=N[C@H]45)[C@@H]32)c1. The smallest absolute Gasteiger partial charge is 0.294 e. The summed E-state index contributed by atoms with van der Waals surface area (Å²) in [7, 11) is -4.21. The van der Waals surface area contributed by atoms with Crippen LogP contribution in [0, 0.1) is 11.8 Å². The fourth-order valence-electron chi connectivity index (χ4n) is 4.53. The Morgan fingerprint density at radius 2 is 1.81 bits per heavy atom. The Balaban J connectivity index is 1.54. The maximum Gasteiger partial charge on any atom is 0.294 e. The van der Waals surface area contributed by atoms with Gasteiger partial charge in [-0.05, 0) is 24.6 Å². The third-order valence-electron chi connectivity index (χ3n) is 5.38. The van der Waals surface area contributed by atoms with Gasteiger partial charge in [0.25, 0.3) is 10.1 Å². The van der Waals surface area contributed by atoms with Gasteiger partial charge in [-0.2, -0.15) is 18.6 Å². The van der Waals surface area contributed by atoms with E-state index >= 15 is 0 Å². The van der Waals surface area contributed by atoms with Crippen molar-refractivity contribution in [2.24, 2.45) is 22.1 Å². The van der Waals surface area contributed by atoms with E-state index in [4.69, 9.17) is 11.6 Å². The van der Waals surface area contributed by atoms with Crippen molar-refractivity contribution in [3.63, 3.8) is 0 Å². The Kier molecular flexibility index (Phi) is 2.11. The lowest BCUT2D eigenvalue weighted by Crippen LogP contribution is -2.39. The van der Waals surface area contributed by atoms with E-state index in [1.807, 2.05) is 0 Å². The summed E-state index contributed by atoms with van der Waals surface area (Å²) in [5.41, 5.74) is 0.692. The van der Waals surface area contributed by atoms with Crippen LogP contribution in [0.3, 0.4) is 0 Å². The fraction of sp³-hybridized carbons (Fsp3) is 0.538. The van der Waals surface area contributed by atoms with Crippen molar-refractivity contribution in [2.45, 2.75) is 35.5 Å². The van der Waals surface area contributed by atoms with Gasteiger partial charge in [0.15, 0.2) is 0 Å². The second kappa shape index (κ2) is 3.59. The molecule has 1 aromatic carbocycles. The summed E-state index contributed by atoms with van der Waals surface area (Å²) in [6, 6.07) is 5.80. The topological polar surface area (TPSA) is 82.1 Å². The van der Waals surface area contributed by atoms with Gasteiger partial charge in [-0.3, -0.25) is 4.55 Å². The Bertz CT molecular complexity index is 772. The van der Waals surface area contributed by atoms with E-state index in [2.05, 4.69) is 15.1 Å². The molecule has 21 heavy (non-hydrogen) atoms.